The predicted octanol–water partition coefficient (Wildman–Crippen LogP) is 1.17. The van der Waals surface area contributed by atoms with E-state index in [4.69, 9.17) is 5.73 Å². The van der Waals surface area contributed by atoms with Crippen molar-refractivity contribution in [2.45, 2.75) is 6.54 Å². The van der Waals surface area contributed by atoms with E-state index in [1.807, 2.05) is 13.2 Å². The number of nitrogens with zero attached hydrogens (tertiary/aromatic N) is 5. The zero-order valence-corrected chi connectivity index (χ0v) is 11.0. The van der Waals surface area contributed by atoms with Crippen molar-refractivity contribution in [1.82, 2.24) is 24.5 Å². The van der Waals surface area contributed by atoms with Gasteiger partial charge in [-0.15, -0.1) is 5.10 Å². The van der Waals surface area contributed by atoms with Crippen LogP contribution in [0.15, 0.2) is 15.5 Å². The van der Waals surface area contributed by atoms with Crippen molar-refractivity contribution in [2.24, 2.45) is 7.05 Å². The highest BCUT2D eigenvalue weighted by molar-refractivity contribution is 9.10. The Bertz CT molecular complexity index is 443. The molecule has 0 saturated carbocycles. The quantitative estimate of drug-likeness (QED) is 0.893. The number of anilines is 1. The van der Waals surface area contributed by atoms with E-state index in [0.29, 0.717) is 11.3 Å². The van der Waals surface area contributed by atoms with Gasteiger partial charge in [-0.3, -0.25) is 4.68 Å². The molecule has 0 spiro atoms. The number of hydrogen-bond donors (Lipinski definition) is 1. The van der Waals surface area contributed by atoms with Crippen molar-refractivity contribution in [3.05, 3.63) is 21.1 Å². The molecule has 0 amide bonds. The molecule has 0 aliphatic heterocycles. The van der Waals surface area contributed by atoms with Gasteiger partial charge in [0.2, 0.25) is 5.95 Å². The topological polar surface area (TPSA) is 74.5 Å². The second-order valence-corrected chi connectivity index (χ2v) is 4.48. The summed E-state index contributed by atoms with van der Waals surface area (Å²) in [5, 5.41) is 8.20. The molecule has 8 heteroatoms. The summed E-state index contributed by atoms with van der Waals surface area (Å²) < 4.78 is 4.80. The molecule has 0 atom stereocenters. The van der Waals surface area contributed by atoms with E-state index >= 15 is 0 Å². The summed E-state index contributed by atoms with van der Waals surface area (Å²) in [5.41, 5.74) is 6.49. The van der Waals surface area contributed by atoms with Crippen LogP contribution >= 0.6 is 31.9 Å². The van der Waals surface area contributed by atoms with E-state index < -0.39 is 0 Å². The zero-order chi connectivity index (χ0) is 11.0. The van der Waals surface area contributed by atoms with Crippen LogP contribution in [-0.4, -0.2) is 24.5 Å². The Morgan fingerprint density at radius 1 is 1.40 bits per heavy atom. The predicted molar refractivity (Wildman–Crippen MR) is 62.1 cm³/mol. The van der Waals surface area contributed by atoms with Crippen molar-refractivity contribution in [2.75, 3.05) is 5.73 Å². The first-order valence-corrected chi connectivity index (χ1v) is 5.68. The Labute approximate surface area is 103 Å². The van der Waals surface area contributed by atoms with E-state index in [9.17, 15) is 0 Å². The molecule has 0 radical (unpaired) electrons. The molecule has 15 heavy (non-hydrogen) atoms. The van der Waals surface area contributed by atoms with Gasteiger partial charge in [0.1, 0.15) is 4.60 Å². The van der Waals surface area contributed by atoms with Gasteiger partial charge in [-0.1, -0.05) is 0 Å². The van der Waals surface area contributed by atoms with Crippen LogP contribution in [0.3, 0.4) is 0 Å². The third-order valence-corrected chi connectivity index (χ3v) is 3.07. The molecule has 2 aromatic rings. The lowest BCUT2D eigenvalue weighted by atomic mass is 10.4. The Morgan fingerprint density at radius 3 is 2.60 bits per heavy atom. The van der Waals surface area contributed by atoms with Gasteiger partial charge in [0, 0.05) is 18.8 Å². The van der Waals surface area contributed by atoms with Gasteiger partial charge in [0.25, 0.3) is 0 Å². The summed E-state index contributed by atoms with van der Waals surface area (Å²) in [6, 6.07) is 0. The lowest BCUT2D eigenvalue weighted by molar-refractivity contribution is 0.668. The van der Waals surface area contributed by atoms with Crippen LogP contribution in [0.2, 0.25) is 0 Å². The molecule has 0 aliphatic rings. The van der Waals surface area contributed by atoms with Crippen molar-refractivity contribution < 1.29 is 0 Å². The van der Waals surface area contributed by atoms with Crippen molar-refractivity contribution in [3.8, 4) is 0 Å². The lowest BCUT2D eigenvalue weighted by Crippen LogP contribution is -2.02. The molecular weight excluding hydrogens is 328 g/mol. The van der Waals surface area contributed by atoms with Crippen LogP contribution in [0.5, 0.6) is 0 Å². The molecule has 2 aromatic heterocycles. The number of nitrogen functional groups attached to an aromatic ring is 1. The normalized spacial score (nSPS) is 10.9. The van der Waals surface area contributed by atoms with E-state index in [0.717, 1.165) is 10.2 Å². The average Bonchev–Trinajstić information content (AvgIpc) is 2.58. The van der Waals surface area contributed by atoms with Crippen LogP contribution in [0.1, 0.15) is 5.56 Å². The molecule has 0 aromatic carbocycles. The fourth-order valence-corrected chi connectivity index (χ4v) is 2.08. The van der Waals surface area contributed by atoms with E-state index in [1.165, 1.54) is 0 Å². The highest BCUT2D eigenvalue weighted by Gasteiger charge is 2.09. The van der Waals surface area contributed by atoms with Gasteiger partial charge in [-0.05, 0) is 31.9 Å². The van der Waals surface area contributed by atoms with Gasteiger partial charge >= 0.3 is 0 Å². The largest absolute Gasteiger partial charge is 0.366 e. The average molecular weight is 336 g/mol. The lowest BCUT2D eigenvalue weighted by Gasteiger charge is -1.98. The van der Waals surface area contributed by atoms with Gasteiger partial charge < -0.3 is 5.73 Å². The summed E-state index contributed by atoms with van der Waals surface area (Å²) in [6.45, 7) is 0.569. The Hall–Kier alpha value is -0.890. The second kappa shape index (κ2) is 3.93. The standard InChI is InChI=1S/C7H8Br2N6/c1-14-2-4(5(8)12-14)3-15-6(9)11-7(10)13-15/h2H,3H2,1H3,(H2,10,13). The Morgan fingerprint density at radius 2 is 2.13 bits per heavy atom. The number of halogens is 2. The summed E-state index contributed by atoms with van der Waals surface area (Å²) in [4.78, 5) is 3.95. The highest BCUT2D eigenvalue weighted by atomic mass is 79.9. The summed E-state index contributed by atoms with van der Waals surface area (Å²) >= 11 is 6.64. The minimum absolute atomic E-state index is 0.252. The highest BCUT2D eigenvalue weighted by Crippen LogP contribution is 2.17. The molecule has 2 heterocycles. The van der Waals surface area contributed by atoms with Crippen molar-refractivity contribution in [1.29, 1.82) is 0 Å². The minimum atomic E-state index is 0.252. The first kappa shape index (κ1) is 10.6. The summed E-state index contributed by atoms with van der Waals surface area (Å²) in [5.74, 6) is 0.252. The van der Waals surface area contributed by atoms with Gasteiger partial charge in [-0.25, -0.2) is 4.68 Å². The maximum absolute atomic E-state index is 5.47. The van der Waals surface area contributed by atoms with Gasteiger partial charge in [0.05, 0.1) is 6.54 Å². The molecule has 6 nitrogen and oxygen atoms in total. The van der Waals surface area contributed by atoms with E-state index in [2.05, 4.69) is 47.0 Å². The molecular formula is C7H8Br2N6. The number of nitrogens with two attached hydrogens (primary N) is 1. The van der Waals surface area contributed by atoms with E-state index in [1.54, 1.807) is 9.36 Å². The van der Waals surface area contributed by atoms with Gasteiger partial charge in [-0.2, -0.15) is 10.1 Å². The van der Waals surface area contributed by atoms with E-state index in [-0.39, 0.29) is 5.95 Å². The SMILES string of the molecule is Cn1cc(Cn2nc(N)nc2Br)c(Br)n1. The smallest absolute Gasteiger partial charge is 0.240 e. The fraction of sp³-hybridized carbons (Fsp3) is 0.286. The number of hydrogen-bond acceptors (Lipinski definition) is 4. The number of aromatic nitrogens is 5. The molecule has 2 N–H and O–H groups in total. The van der Waals surface area contributed by atoms with Crippen LogP contribution < -0.4 is 5.73 Å². The first-order valence-electron chi connectivity index (χ1n) is 4.10. The number of rotatable bonds is 2. The number of aryl methyl sites for hydroxylation is 1. The second-order valence-electron chi connectivity index (χ2n) is 3.02. The van der Waals surface area contributed by atoms with Crippen LogP contribution in [0.25, 0.3) is 0 Å². The fourth-order valence-electron chi connectivity index (χ4n) is 1.22. The molecule has 0 aliphatic carbocycles. The molecule has 0 fully saturated rings. The van der Waals surface area contributed by atoms with Gasteiger partial charge in [0.15, 0.2) is 4.73 Å². The molecule has 2 rings (SSSR count). The Balaban J connectivity index is 2.29. The van der Waals surface area contributed by atoms with Crippen LogP contribution in [0, 0.1) is 0 Å². The maximum Gasteiger partial charge on any atom is 0.240 e. The van der Waals surface area contributed by atoms with Crippen molar-refractivity contribution in [3.63, 3.8) is 0 Å². The Kier molecular flexibility index (Phi) is 2.79. The van der Waals surface area contributed by atoms with Crippen LogP contribution in [-0.2, 0) is 13.6 Å². The van der Waals surface area contributed by atoms with Crippen molar-refractivity contribution >= 4 is 37.8 Å². The molecule has 0 saturated heterocycles. The molecule has 0 unspecified atom stereocenters. The minimum Gasteiger partial charge on any atom is -0.366 e. The third-order valence-electron chi connectivity index (χ3n) is 1.82. The zero-order valence-electron chi connectivity index (χ0n) is 7.85. The molecule has 0 bridgehead atoms. The monoisotopic (exact) mass is 334 g/mol. The first-order chi connectivity index (χ1) is 7.06. The maximum atomic E-state index is 5.47. The summed E-state index contributed by atoms with van der Waals surface area (Å²) in [7, 11) is 1.86. The molecule has 80 valence electrons. The van der Waals surface area contributed by atoms with Crippen LogP contribution in [0.4, 0.5) is 5.95 Å². The third kappa shape index (κ3) is 2.20. The summed E-state index contributed by atoms with van der Waals surface area (Å²) in [6.07, 6.45) is 1.91.